The zero-order valence-electron chi connectivity index (χ0n) is 20.3. The van der Waals surface area contributed by atoms with Gasteiger partial charge < -0.3 is 20.2 Å². The predicted molar refractivity (Wildman–Crippen MR) is 134 cm³/mol. The van der Waals surface area contributed by atoms with Crippen molar-refractivity contribution in [3.63, 3.8) is 0 Å². The van der Waals surface area contributed by atoms with Gasteiger partial charge in [0.05, 0.1) is 12.1 Å². The van der Waals surface area contributed by atoms with E-state index in [1.807, 2.05) is 50.4 Å². The lowest BCUT2D eigenvalue weighted by Gasteiger charge is -2.17. The molecule has 0 amide bonds. The number of rotatable bonds is 9. The van der Waals surface area contributed by atoms with Crippen molar-refractivity contribution in [2.75, 3.05) is 13.6 Å². The Bertz CT molecular complexity index is 1270. The molecule has 8 heteroatoms. The highest BCUT2D eigenvalue weighted by atomic mass is 16.3. The average Bonchev–Trinajstić information content (AvgIpc) is 3.19. The Kier molecular flexibility index (Phi) is 7.31. The first-order valence-electron chi connectivity index (χ1n) is 11.7. The molecule has 0 aliphatic rings. The molecule has 2 aromatic carbocycles. The molecule has 0 fully saturated rings. The Morgan fingerprint density at radius 2 is 1.66 bits per heavy atom. The quantitative estimate of drug-likeness (QED) is 0.333. The van der Waals surface area contributed by atoms with Crippen LogP contribution in [0.2, 0.25) is 0 Å². The summed E-state index contributed by atoms with van der Waals surface area (Å²) in [5, 5.41) is 38.9. The molecule has 182 valence electrons. The zero-order chi connectivity index (χ0) is 24.9. The number of phenols is 2. The van der Waals surface area contributed by atoms with Crippen molar-refractivity contribution in [1.29, 1.82) is 0 Å². The van der Waals surface area contributed by atoms with E-state index in [-0.39, 0.29) is 23.4 Å². The van der Waals surface area contributed by atoms with Gasteiger partial charge in [0.2, 0.25) is 0 Å². The highest BCUT2D eigenvalue weighted by Gasteiger charge is 2.20. The molecule has 0 saturated heterocycles. The van der Waals surface area contributed by atoms with Gasteiger partial charge in [-0.1, -0.05) is 49.3 Å². The van der Waals surface area contributed by atoms with Crippen LogP contribution in [0.1, 0.15) is 42.1 Å². The zero-order valence-corrected chi connectivity index (χ0v) is 20.3. The van der Waals surface area contributed by atoms with Crippen molar-refractivity contribution in [2.45, 2.75) is 39.3 Å². The van der Waals surface area contributed by atoms with Gasteiger partial charge in [0.1, 0.15) is 11.5 Å². The summed E-state index contributed by atoms with van der Waals surface area (Å²) < 4.78 is 1.55. The fourth-order valence-electron chi connectivity index (χ4n) is 4.05. The van der Waals surface area contributed by atoms with Gasteiger partial charge in [0.15, 0.2) is 5.82 Å². The maximum absolute atomic E-state index is 10.5. The van der Waals surface area contributed by atoms with E-state index in [0.29, 0.717) is 23.5 Å². The summed E-state index contributed by atoms with van der Waals surface area (Å²) in [6, 6.07) is 16.9. The normalized spacial score (nSPS) is 11.5. The van der Waals surface area contributed by atoms with E-state index < -0.39 is 0 Å². The van der Waals surface area contributed by atoms with Crippen molar-refractivity contribution < 1.29 is 15.3 Å². The Hall–Kier alpha value is -3.91. The van der Waals surface area contributed by atoms with Crippen molar-refractivity contribution in [3.8, 4) is 28.9 Å². The van der Waals surface area contributed by atoms with E-state index in [9.17, 15) is 15.3 Å². The Balaban J connectivity index is 1.46. The molecule has 2 heterocycles. The second kappa shape index (κ2) is 10.6. The summed E-state index contributed by atoms with van der Waals surface area (Å²) in [4.78, 5) is 6.63. The van der Waals surface area contributed by atoms with E-state index in [2.05, 4.69) is 39.3 Å². The lowest BCUT2D eigenvalue weighted by molar-refractivity contribution is 0.330. The highest BCUT2D eigenvalue weighted by molar-refractivity contribution is 5.68. The first-order chi connectivity index (χ1) is 16.8. The van der Waals surface area contributed by atoms with Crippen molar-refractivity contribution in [1.82, 2.24) is 24.6 Å². The average molecular weight is 474 g/mol. The van der Waals surface area contributed by atoms with E-state index in [1.165, 1.54) is 11.6 Å². The van der Waals surface area contributed by atoms with E-state index in [1.54, 1.807) is 10.6 Å². The molecule has 0 atom stereocenters. The van der Waals surface area contributed by atoms with Gasteiger partial charge in [-0.3, -0.25) is 9.55 Å². The number of benzene rings is 2. The summed E-state index contributed by atoms with van der Waals surface area (Å²) in [5.41, 5.74) is 4.32. The van der Waals surface area contributed by atoms with Crippen molar-refractivity contribution >= 4 is 0 Å². The topological polar surface area (TPSA) is 108 Å². The van der Waals surface area contributed by atoms with Gasteiger partial charge in [0.25, 0.3) is 0 Å². The third kappa shape index (κ3) is 5.78. The first-order valence-corrected chi connectivity index (χ1v) is 11.7. The molecule has 0 spiro atoms. The van der Waals surface area contributed by atoms with Crippen molar-refractivity contribution in [3.05, 3.63) is 83.2 Å². The molecule has 2 aromatic heterocycles. The monoisotopic (exact) mass is 473 g/mol. The van der Waals surface area contributed by atoms with Crippen LogP contribution in [-0.4, -0.2) is 53.6 Å². The largest absolute Gasteiger partial charge is 0.508 e. The number of phenolic OH excluding ortho intramolecular Hbond substituents is 2. The molecule has 0 aliphatic heterocycles. The van der Waals surface area contributed by atoms with Gasteiger partial charge in [-0.2, -0.15) is 0 Å². The molecule has 35 heavy (non-hydrogen) atoms. The number of nitrogens with zero attached hydrogens (tertiary/aromatic N) is 5. The molecule has 0 saturated carbocycles. The summed E-state index contributed by atoms with van der Waals surface area (Å²) >= 11 is 0. The molecule has 3 N–H and O–H groups in total. The molecule has 0 radical (unpaired) electrons. The number of likely N-dealkylation sites (N-methyl/N-ethyl adjacent to an activating group) is 1. The Morgan fingerprint density at radius 1 is 0.914 bits per heavy atom. The SMILES string of the molecule is CC(C)c1cc(-c2nnc(O)n2Cc2ccc(CN(C)CCc3ccccn3)cc2)c(O)cc1O. The number of aromatic nitrogens is 4. The molecule has 0 bridgehead atoms. The van der Waals surface area contributed by atoms with Gasteiger partial charge >= 0.3 is 6.01 Å². The maximum atomic E-state index is 10.5. The third-order valence-electron chi connectivity index (χ3n) is 6.03. The molecular formula is C27H31N5O3. The smallest absolute Gasteiger partial charge is 0.315 e. The highest BCUT2D eigenvalue weighted by Crippen LogP contribution is 2.38. The van der Waals surface area contributed by atoms with Crippen LogP contribution in [0, 0.1) is 0 Å². The van der Waals surface area contributed by atoms with Gasteiger partial charge in [-0.15, -0.1) is 5.10 Å². The number of pyridine rings is 1. The minimum absolute atomic E-state index is 0.0251. The third-order valence-corrected chi connectivity index (χ3v) is 6.03. The van der Waals surface area contributed by atoms with E-state index in [0.717, 1.165) is 30.8 Å². The molecule has 4 rings (SSSR count). The lowest BCUT2D eigenvalue weighted by atomic mass is 9.98. The molecule has 0 aliphatic carbocycles. The van der Waals surface area contributed by atoms with Gasteiger partial charge in [-0.05, 0) is 47.9 Å². The predicted octanol–water partition coefficient (Wildman–Crippen LogP) is 4.30. The summed E-state index contributed by atoms with van der Waals surface area (Å²) in [6.07, 6.45) is 2.72. The first kappa shape index (κ1) is 24.2. The molecular weight excluding hydrogens is 442 g/mol. The minimum atomic E-state index is -0.239. The number of aromatic hydroxyl groups is 3. The van der Waals surface area contributed by atoms with Crippen LogP contribution in [-0.2, 0) is 19.5 Å². The minimum Gasteiger partial charge on any atom is -0.508 e. The van der Waals surface area contributed by atoms with Gasteiger partial charge in [-0.25, -0.2) is 0 Å². The summed E-state index contributed by atoms with van der Waals surface area (Å²) in [7, 11) is 2.09. The van der Waals surface area contributed by atoms with Crippen LogP contribution in [0.5, 0.6) is 17.5 Å². The van der Waals surface area contributed by atoms with Crippen LogP contribution in [0.3, 0.4) is 0 Å². The lowest BCUT2D eigenvalue weighted by Crippen LogP contribution is -2.21. The molecule has 8 nitrogen and oxygen atoms in total. The summed E-state index contributed by atoms with van der Waals surface area (Å²) in [5.74, 6) is 0.288. The summed E-state index contributed by atoms with van der Waals surface area (Å²) in [6.45, 7) is 5.97. The van der Waals surface area contributed by atoms with E-state index >= 15 is 0 Å². The van der Waals surface area contributed by atoms with Crippen LogP contribution in [0.4, 0.5) is 0 Å². The van der Waals surface area contributed by atoms with Crippen LogP contribution in [0.25, 0.3) is 11.4 Å². The fraction of sp³-hybridized carbons (Fsp3) is 0.296. The van der Waals surface area contributed by atoms with Crippen LogP contribution >= 0.6 is 0 Å². The Morgan fingerprint density at radius 3 is 2.34 bits per heavy atom. The standard InChI is InChI=1S/C27H31N5O3/c1-18(2)22-14-23(25(34)15-24(22)33)26-29-30-27(35)32(26)17-20-9-7-19(8-10-20)16-31(3)13-11-21-6-4-5-12-28-21/h4-10,12,14-15,18,33-34H,11,13,16-17H2,1-3H3,(H,30,35). The van der Waals surface area contributed by atoms with E-state index in [4.69, 9.17) is 0 Å². The van der Waals surface area contributed by atoms with Crippen LogP contribution < -0.4 is 0 Å². The molecule has 0 unspecified atom stereocenters. The van der Waals surface area contributed by atoms with Gasteiger partial charge in [0, 0.05) is 37.5 Å². The second-order valence-corrected chi connectivity index (χ2v) is 9.12. The second-order valence-electron chi connectivity index (χ2n) is 9.12. The number of hydrogen-bond acceptors (Lipinski definition) is 7. The maximum Gasteiger partial charge on any atom is 0.315 e. The van der Waals surface area contributed by atoms with Crippen LogP contribution in [0.15, 0.2) is 60.8 Å². The van der Waals surface area contributed by atoms with Crippen molar-refractivity contribution in [2.24, 2.45) is 0 Å². The molecule has 4 aromatic rings. The Labute approximate surface area is 205 Å². The fourth-order valence-corrected chi connectivity index (χ4v) is 4.05. The number of hydrogen-bond donors (Lipinski definition) is 3.